The molecular formula is C22H34N2O3. The standard InChI is InChI=1S/C22H34N2O3/c1-22(2,14-7-11-18-9-5-4-6-10-18)21(27)24-15-8-12-19(13-16-24)23(3)17-20(25)26/h4-6,9-10,19H,7-8,11-17H2,1-3H3,(H,25,26). The summed E-state index contributed by atoms with van der Waals surface area (Å²) in [5.41, 5.74) is 0.960. The second-order valence-electron chi connectivity index (χ2n) is 8.41. The van der Waals surface area contributed by atoms with Gasteiger partial charge in [0.25, 0.3) is 0 Å². The van der Waals surface area contributed by atoms with Crippen molar-refractivity contribution >= 4 is 11.9 Å². The van der Waals surface area contributed by atoms with Gasteiger partial charge in [0.15, 0.2) is 0 Å². The summed E-state index contributed by atoms with van der Waals surface area (Å²) in [4.78, 5) is 27.9. The molecule has 0 aliphatic carbocycles. The Balaban J connectivity index is 1.84. The van der Waals surface area contributed by atoms with Crippen LogP contribution in [-0.2, 0) is 16.0 Å². The minimum Gasteiger partial charge on any atom is -0.480 e. The van der Waals surface area contributed by atoms with E-state index in [-0.39, 0.29) is 23.9 Å². The van der Waals surface area contributed by atoms with Crippen LogP contribution in [0, 0.1) is 5.41 Å². The summed E-state index contributed by atoms with van der Waals surface area (Å²) in [6.07, 6.45) is 5.60. The number of carboxylic acid groups (broad SMARTS) is 1. The van der Waals surface area contributed by atoms with E-state index in [0.717, 1.165) is 51.6 Å². The Bertz CT molecular complexity index is 615. The molecule has 1 fully saturated rings. The predicted octanol–water partition coefficient (Wildman–Crippen LogP) is 3.43. The lowest BCUT2D eigenvalue weighted by atomic mass is 9.85. The van der Waals surface area contributed by atoms with Gasteiger partial charge in [0.05, 0.1) is 6.54 Å². The maximum absolute atomic E-state index is 13.1. The molecule has 0 bridgehead atoms. The Kier molecular flexibility index (Phi) is 7.84. The third kappa shape index (κ3) is 6.65. The van der Waals surface area contributed by atoms with Gasteiger partial charge in [-0.3, -0.25) is 14.5 Å². The maximum Gasteiger partial charge on any atom is 0.317 e. The molecule has 1 heterocycles. The first-order valence-corrected chi connectivity index (χ1v) is 10.0. The fraction of sp³-hybridized carbons (Fsp3) is 0.636. The van der Waals surface area contributed by atoms with E-state index in [0.29, 0.717) is 0 Å². The van der Waals surface area contributed by atoms with Crippen LogP contribution in [0.15, 0.2) is 30.3 Å². The molecule has 5 nitrogen and oxygen atoms in total. The summed E-state index contributed by atoms with van der Waals surface area (Å²) >= 11 is 0. The molecule has 1 aliphatic rings. The molecule has 150 valence electrons. The van der Waals surface area contributed by atoms with Crippen molar-refractivity contribution in [2.45, 2.75) is 58.4 Å². The van der Waals surface area contributed by atoms with Crippen LogP contribution in [0.1, 0.15) is 51.5 Å². The Morgan fingerprint density at radius 1 is 1.19 bits per heavy atom. The van der Waals surface area contributed by atoms with E-state index >= 15 is 0 Å². The van der Waals surface area contributed by atoms with Gasteiger partial charge in [0.1, 0.15) is 0 Å². The molecule has 1 N–H and O–H groups in total. The molecule has 1 atom stereocenters. The van der Waals surface area contributed by atoms with Gasteiger partial charge in [-0.25, -0.2) is 0 Å². The predicted molar refractivity (Wildman–Crippen MR) is 108 cm³/mol. The first-order chi connectivity index (χ1) is 12.8. The molecule has 1 aliphatic heterocycles. The zero-order valence-electron chi connectivity index (χ0n) is 17.0. The molecule has 1 aromatic carbocycles. The van der Waals surface area contributed by atoms with Gasteiger partial charge in [-0.2, -0.15) is 0 Å². The normalized spacial score (nSPS) is 18.4. The topological polar surface area (TPSA) is 60.9 Å². The highest BCUT2D eigenvalue weighted by atomic mass is 16.4. The van der Waals surface area contributed by atoms with Crippen LogP contribution in [0.2, 0.25) is 0 Å². The third-order valence-corrected chi connectivity index (χ3v) is 5.68. The number of benzene rings is 1. The number of likely N-dealkylation sites (N-methyl/N-ethyl adjacent to an activating group) is 1. The number of carbonyl (C=O) groups excluding carboxylic acids is 1. The van der Waals surface area contributed by atoms with Crippen molar-refractivity contribution in [2.75, 3.05) is 26.7 Å². The van der Waals surface area contributed by atoms with Crippen molar-refractivity contribution in [3.8, 4) is 0 Å². The van der Waals surface area contributed by atoms with E-state index < -0.39 is 5.97 Å². The number of hydrogen-bond donors (Lipinski definition) is 1. The van der Waals surface area contributed by atoms with Crippen molar-refractivity contribution < 1.29 is 14.7 Å². The lowest BCUT2D eigenvalue weighted by molar-refractivity contribution is -0.141. The van der Waals surface area contributed by atoms with E-state index in [2.05, 4.69) is 38.1 Å². The second kappa shape index (κ2) is 9.88. The lowest BCUT2D eigenvalue weighted by Gasteiger charge is -2.32. The summed E-state index contributed by atoms with van der Waals surface area (Å²) in [5.74, 6) is -0.564. The van der Waals surface area contributed by atoms with Gasteiger partial charge >= 0.3 is 5.97 Å². The number of nitrogens with zero attached hydrogens (tertiary/aromatic N) is 2. The number of aliphatic carboxylic acids is 1. The van der Waals surface area contributed by atoms with Crippen molar-refractivity contribution in [3.63, 3.8) is 0 Å². The van der Waals surface area contributed by atoms with Gasteiger partial charge in [-0.1, -0.05) is 44.2 Å². The molecule has 27 heavy (non-hydrogen) atoms. The zero-order chi connectivity index (χ0) is 19.9. The average molecular weight is 375 g/mol. The van der Waals surface area contributed by atoms with Crippen LogP contribution in [-0.4, -0.2) is 59.5 Å². The van der Waals surface area contributed by atoms with E-state index in [1.165, 1.54) is 5.56 Å². The summed E-state index contributed by atoms with van der Waals surface area (Å²) in [6, 6.07) is 10.6. The smallest absolute Gasteiger partial charge is 0.317 e. The fourth-order valence-electron chi connectivity index (χ4n) is 3.98. The van der Waals surface area contributed by atoms with Gasteiger partial charge in [-0.05, 0) is 51.1 Å². The van der Waals surface area contributed by atoms with E-state index in [1.807, 2.05) is 22.9 Å². The number of carboxylic acids is 1. The highest BCUT2D eigenvalue weighted by Gasteiger charge is 2.33. The number of carbonyl (C=O) groups is 2. The SMILES string of the molecule is CN(CC(=O)O)C1CCCN(C(=O)C(C)(C)CCCc2ccccc2)CC1. The van der Waals surface area contributed by atoms with Gasteiger partial charge in [0, 0.05) is 24.5 Å². The first-order valence-electron chi connectivity index (χ1n) is 10.0. The number of hydrogen-bond acceptors (Lipinski definition) is 3. The number of aryl methyl sites for hydroxylation is 1. The van der Waals surface area contributed by atoms with E-state index in [1.54, 1.807) is 0 Å². The molecule has 0 saturated carbocycles. The molecular weight excluding hydrogens is 340 g/mol. The fourth-order valence-corrected chi connectivity index (χ4v) is 3.98. The van der Waals surface area contributed by atoms with Crippen LogP contribution >= 0.6 is 0 Å². The van der Waals surface area contributed by atoms with Crippen molar-refractivity contribution in [1.82, 2.24) is 9.80 Å². The second-order valence-corrected chi connectivity index (χ2v) is 8.41. The monoisotopic (exact) mass is 374 g/mol. The number of rotatable bonds is 8. The molecule has 1 aromatic rings. The van der Waals surface area contributed by atoms with Crippen LogP contribution in [0.3, 0.4) is 0 Å². The Labute approximate surface area is 163 Å². The van der Waals surface area contributed by atoms with Crippen LogP contribution in [0.5, 0.6) is 0 Å². The highest BCUT2D eigenvalue weighted by molar-refractivity contribution is 5.82. The molecule has 1 amide bonds. The van der Waals surface area contributed by atoms with E-state index in [9.17, 15) is 9.59 Å². The van der Waals surface area contributed by atoms with Crippen molar-refractivity contribution in [2.24, 2.45) is 5.41 Å². The van der Waals surface area contributed by atoms with Crippen molar-refractivity contribution in [3.05, 3.63) is 35.9 Å². The molecule has 0 aromatic heterocycles. The van der Waals surface area contributed by atoms with Gasteiger partial charge in [0.2, 0.25) is 5.91 Å². The Hall–Kier alpha value is -1.88. The van der Waals surface area contributed by atoms with Crippen molar-refractivity contribution in [1.29, 1.82) is 0 Å². The van der Waals surface area contributed by atoms with Gasteiger partial charge < -0.3 is 10.0 Å². The lowest BCUT2D eigenvalue weighted by Crippen LogP contribution is -2.42. The summed E-state index contributed by atoms with van der Waals surface area (Å²) in [7, 11) is 1.86. The van der Waals surface area contributed by atoms with E-state index in [4.69, 9.17) is 5.11 Å². The first kappa shape index (κ1) is 21.4. The number of likely N-dealkylation sites (tertiary alicyclic amines) is 1. The minimum atomic E-state index is -0.797. The molecule has 1 saturated heterocycles. The molecule has 0 spiro atoms. The average Bonchev–Trinajstić information content (AvgIpc) is 2.87. The number of amides is 1. The highest BCUT2D eigenvalue weighted by Crippen LogP contribution is 2.28. The van der Waals surface area contributed by atoms with Crippen LogP contribution in [0.4, 0.5) is 0 Å². The zero-order valence-corrected chi connectivity index (χ0v) is 17.0. The summed E-state index contributed by atoms with van der Waals surface area (Å²) < 4.78 is 0. The van der Waals surface area contributed by atoms with Gasteiger partial charge in [-0.15, -0.1) is 0 Å². The quantitative estimate of drug-likeness (QED) is 0.757. The third-order valence-electron chi connectivity index (χ3n) is 5.68. The minimum absolute atomic E-state index is 0.0591. The summed E-state index contributed by atoms with van der Waals surface area (Å²) in [5, 5.41) is 8.99. The Morgan fingerprint density at radius 3 is 2.56 bits per heavy atom. The Morgan fingerprint density at radius 2 is 1.89 bits per heavy atom. The molecule has 0 radical (unpaired) electrons. The molecule has 5 heteroatoms. The molecule has 1 unspecified atom stereocenters. The largest absolute Gasteiger partial charge is 0.480 e. The molecule has 2 rings (SSSR count). The summed E-state index contributed by atoms with van der Waals surface area (Å²) in [6.45, 7) is 5.66. The maximum atomic E-state index is 13.1. The van der Waals surface area contributed by atoms with Crippen LogP contribution in [0.25, 0.3) is 0 Å². The van der Waals surface area contributed by atoms with Crippen LogP contribution < -0.4 is 0 Å².